The molecule has 0 bridgehead atoms. The molecule has 0 aliphatic rings. The molecule has 1 heterocycles. The fourth-order valence-electron chi connectivity index (χ4n) is 3.61. The molecule has 0 unspecified atom stereocenters. The Kier molecular flexibility index (Phi) is 5.61. The van der Waals surface area contributed by atoms with Crippen LogP contribution in [0.25, 0.3) is 44.1 Å². The Bertz CT molecular complexity index is 1370. The van der Waals surface area contributed by atoms with Gasteiger partial charge in [0.15, 0.2) is 0 Å². The maximum Gasteiger partial charge on any atom is 0.416 e. The van der Waals surface area contributed by atoms with Crippen LogP contribution in [-0.2, 0) is 26.3 Å². The molecule has 0 amide bonds. The molecule has 0 fully saturated rings. The van der Waals surface area contributed by atoms with E-state index in [0.29, 0.717) is 17.0 Å². The van der Waals surface area contributed by atoms with Crippen molar-refractivity contribution in [3.8, 4) is 22.5 Å². The Morgan fingerprint density at radius 1 is 0.677 bits per heavy atom. The van der Waals surface area contributed by atoms with Crippen LogP contribution in [0.3, 0.4) is 0 Å². The minimum absolute atomic E-state index is 0. The van der Waals surface area contributed by atoms with Crippen LogP contribution in [0.2, 0.25) is 0 Å². The van der Waals surface area contributed by atoms with Crippen LogP contribution in [-0.4, -0.2) is 10.2 Å². The molecule has 155 valence electrons. The molecule has 5 rings (SSSR count). The molecule has 1 aromatic heterocycles. The third-order valence-electron chi connectivity index (χ3n) is 5.10. The zero-order valence-electron chi connectivity index (χ0n) is 15.9. The summed E-state index contributed by atoms with van der Waals surface area (Å²) in [7, 11) is 0. The fourth-order valence-corrected chi connectivity index (χ4v) is 3.61. The van der Waals surface area contributed by atoms with Crippen molar-refractivity contribution in [1.82, 2.24) is 10.2 Å². The first kappa shape index (κ1) is 21.2. The average molecular weight is 592 g/mol. The van der Waals surface area contributed by atoms with Gasteiger partial charge in [0.2, 0.25) is 0 Å². The van der Waals surface area contributed by atoms with Gasteiger partial charge in [-0.3, -0.25) is 0 Å². The molecule has 0 aliphatic carbocycles. The van der Waals surface area contributed by atoms with Gasteiger partial charge in [0.25, 0.3) is 0 Å². The summed E-state index contributed by atoms with van der Waals surface area (Å²) in [5.41, 5.74) is 1.93. The summed E-state index contributed by atoms with van der Waals surface area (Å²) in [5.74, 6) is 0. The van der Waals surface area contributed by atoms with E-state index in [0.717, 1.165) is 39.2 Å². The number of hydrogen-bond donors (Lipinski definition) is 0. The third-order valence-corrected chi connectivity index (χ3v) is 5.10. The predicted octanol–water partition coefficient (Wildman–Crippen LogP) is 6.93. The molecule has 0 saturated carbocycles. The molecule has 1 radical (unpaired) electrons. The zero-order chi connectivity index (χ0) is 20.7. The van der Waals surface area contributed by atoms with E-state index in [2.05, 4.69) is 16.3 Å². The van der Waals surface area contributed by atoms with Gasteiger partial charge in [-0.15, -0.1) is 35.9 Å². The van der Waals surface area contributed by atoms with Gasteiger partial charge in [-0.1, -0.05) is 42.5 Å². The second-order valence-electron chi connectivity index (χ2n) is 6.99. The van der Waals surface area contributed by atoms with E-state index in [4.69, 9.17) is 0 Å². The molecule has 4 aromatic carbocycles. The Labute approximate surface area is 190 Å². The predicted molar refractivity (Wildman–Crippen MR) is 112 cm³/mol. The van der Waals surface area contributed by atoms with E-state index in [1.807, 2.05) is 60.7 Å². The number of rotatable bonds is 2. The summed E-state index contributed by atoms with van der Waals surface area (Å²) in [6.07, 6.45) is -4.38. The van der Waals surface area contributed by atoms with Gasteiger partial charge in [-0.25, -0.2) is 0 Å². The van der Waals surface area contributed by atoms with Crippen molar-refractivity contribution in [3.05, 3.63) is 96.6 Å². The summed E-state index contributed by atoms with van der Waals surface area (Å²) < 4.78 is 38.9. The first-order valence-electron chi connectivity index (χ1n) is 9.34. The summed E-state index contributed by atoms with van der Waals surface area (Å²) in [6.45, 7) is 0. The summed E-state index contributed by atoms with van der Waals surface area (Å²) in [4.78, 5) is 0. The minimum atomic E-state index is -4.38. The summed E-state index contributed by atoms with van der Waals surface area (Å²) in [6, 6.07) is 27.7. The first-order valence-corrected chi connectivity index (χ1v) is 9.34. The van der Waals surface area contributed by atoms with Crippen LogP contribution < -0.4 is 0 Å². The Morgan fingerprint density at radius 2 is 1.26 bits per heavy atom. The molecular formula is C25H14F3IrN2-. The monoisotopic (exact) mass is 592 g/mol. The van der Waals surface area contributed by atoms with E-state index in [1.54, 1.807) is 0 Å². The number of nitrogens with zero attached hydrogens (tertiary/aromatic N) is 2. The van der Waals surface area contributed by atoms with E-state index >= 15 is 0 Å². The Hall–Kier alpha value is -3.08. The largest absolute Gasteiger partial charge is 0.416 e. The van der Waals surface area contributed by atoms with Crippen LogP contribution in [0.4, 0.5) is 13.2 Å². The van der Waals surface area contributed by atoms with E-state index in [9.17, 15) is 13.2 Å². The van der Waals surface area contributed by atoms with E-state index in [1.165, 1.54) is 12.1 Å². The van der Waals surface area contributed by atoms with E-state index in [-0.39, 0.29) is 20.1 Å². The van der Waals surface area contributed by atoms with Crippen molar-refractivity contribution in [3.63, 3.8) is 0 Å². The summed E-state index contributed by atoms with van der Waals surface area (Å²) >= 11 is 0. The fraction of sp³-hybridized carbons (Fsp3) is 0.0400. The van der Waals surface area contributed by atoms with Crippen molar-refractivity contribution in [2.45, 2.75) is 6.18 Å². The number of halogens is 3. The third kappa shape index (κ3) is 3.97. The van der Waals surface area contributed by atoms with Crippen LogP contribution in [0, 0.1) is 6.07 Å². The van der Waals surface area contributed by atoms with Crippen molar-refractivity contribution < 1.29 is 33.3 Å². The maximum atomic E-state index is 13.0. The van der Waals surface area contributed by atoms with Gasteiger partial charge < -0.3 is 0 Å². The van der Waals surface area contributed by atoms with Gasteiger partial charge in [0, 0.05) is 36.7 Å². The standard InChI is InChI=1S/C25H14F3N2.Ir/c26-25(27,28)20-12-10-17(11-13-20)24-22-15-19-9-5-4-8-18(19)14-21(22)23(29-30-24)16-6-2-1-3-7-16;/h1-6,8-15H;/q-1;. The minimum Gasteiger partial charge on any atom is -0.200 e. The molecule has 0 saturated heterocycles. The number of benzene rings is 4. The van der Waals surface area contributed by atoms with Crippen molar-refractivity contribution in [1.29, 1.82) is 0 Å². The van der Waals surface area contributed by atoms with Gasteiger partial charge >= 0.3 is 6.18 Å². The van der Waals surface area contributed by atoms with Crippen LogP contribution in [0.15, 0.2) is 84.9 Å². The number of hydrogen-bond acceptors (Lipinski definition) is 2. The van der Waals surface area contributed by atoms with Crippen LogP contribution in [0.1, 0.15) is 5.56 Å². The van der Waals surface area contributed by atoms with E-state index < -0.39 is 11.7 Å². The SMILES string of the molecule is FC(F)(F)c1ccc(-c2nnc(-c3[c-]cccc3)c3cc4ccccc4cc23)cc1.[Ir]. The molecule has 0 atom stereocenters. The zero-order valence-corrected chi connectivity index (χ0v) is 18.3. The number of fused-ring (bicyclic) bond motifs is 2. The van der Waals surface area contributed by atoms with Crippen molar-refractivity contribution in [2.24, 2.45) is 0 Å². The van der Waals surface area contributed by atoms with Gasteiger partial charge in [-0.05, 0) is 34.4 Å². The Balaban J connectivity index is 0.00000231. The van der Waals surface area contributed by atoms with Crippen LogP contribution >= 0.6 is 0 Å². The summed E-state index contributed by atoms with van der Waals surface area (Å²) in [5, 5.41) is 12.6. The molecule has 6 heteroatoms. The molecule has 31 heavy (non-hydrogen) atoms. The molecule has 0 N–H and O–H groups in total. The average Bonchev–Trinajstić information content (AvgIpc) is 2.77. The second-order valence-corrected chi connectivity index (χ2v) is 6.99. The van der Waals surface area contributed by atoms with Gasteiger partial charge in [-0.2, -0.15) is 23.4 Å². The second kappa shape index (κ2) is 8.22. The molecule has 5 aromatic rings. The smallest absolute Gasteiger partial charge is 0.200 e. The van der Waals surface area contributed by atoms with Gasteiger partial charge in [0.05, 0.1) is 11.3 Å². The molecular weight excluding hydrogens is 578 g/mol. The van der Waals surface area contributed by atoms with Crippen LogP contribution in [0.5, 0.6) is 0 Å². The topological polar surface area (TPSA) is 25.8 Å². The quantitative estimate of drug-likeness (QED) is 0.164. The molecule has 0 aliphatic heterocycles. The normalized spacial score (nSPS) is 11.5. The maximum absolute atomic E-state index is 13.0. The van der Waals surface area contributed by atoms with Gasteiger partial charge in [0.1, 0.15) is 0 Å². The molecule has 2 nitrogen and oxygen atoms in total. The van der Waals surface area contributed by atoms with Crippen molar-refractivity contribution >= 4 is 21.5 Å². The molecule has 0 spiro atoms. The Morgan fingerprint density at radius 3 is 1.84 bits per heavy atom. The number of aromatic nitrogens is 2. The van der Waals surface area contributed by atoms with Crippen molar-refractivity contribution in [2.75, 3.05) is 0 Å². The first-order chi connectivity index (χ1) is 14.5. The number of alkyl halides is 3.